The first-order valence-electron chi connectivity index (χ1n) is 7.39. The zero-order valence-electron chi connectivity index (χ0n) is 12.5. The Balaban J connectivity index is 1.49. The molecule has 0 N–H and O–H groups in total. The molecule has 0 saturated heterocycles. The third-order valence-electron chi connectivity index (χ3n) is 3.36. The largest absolute Gasteiger partial charge is 0.494 e. The third-order valence-corrected chi connectivity index (χ3v) is 3.36. The molecule has 0 fully saturated rings. The molecule has 0 spiro atoms. The van der Waals surface area contributed by atoms with E-state index in [1.165, 1.54) is 5.56 Å². The Morgan fingerprint density at radius 1 is 1.00 bits per heavy atom. The number of ether oxygens (including phenoxy) is 1. The molecule has 0 aliphatic heterocycles. The smallest absolute Gasteiger partial charge is 0.223 e. The first kappa shape index (κ1) is 14.3. The average molecular weight is 294 g/mol. The molecular weight excluding hydrogens is 276 g/mol. The molecule has 1 aromatic heterocycles. The van der Waals surface area contributed by atoms with E-state index in [1.807, 2.05) is 30.3 Å². The first-order valence-corrected chi connectivity index (χ1v) is 7.39. The van der Waals surface area contributed by atoms with Gasteiger partial charge in [0, 0.05) is 12.5 Å². The Bertz CT molecular complexity index is 705. The lowest BCUT2D eigenvalue weighted by Crippen LogP contribution is -1.99. The fourth-order valence-electron chi connectivity index (χ4n) is 2.23. The van der Waals surface area contributed by atoms with E-state index in [9.17, 15) is 0 Å². The van der Waals surface area contributed by atoms with E-state index in [-0.39, 0.29) is 0 Å². The van der Waals surface area contributed by atoms with Crippen LogP contribution in [-0.4, -0.2) is 16.7 Å². The second kappa shape index (κ2) is 6.89. The Hall–Kier alpha value is -2.62. The molecule has 3 rings (SSSR count). The Kier molecular flexibility index (Phi) is 4.49. The predicted molar refractivity (Wildman–Crippen MR) is 84.7 cm³/mol. The van der Waals surface area contributed by atoms with E-state index >= 15 is 0 Å². The zero-order chi connectivity index (χ0) is 15.2. The number of nitrogens with zero attached hydrogens (tertiary/aromatic N) is 2. The molecular formula is C18H18N2O2. The molecule has 2 aromatic carbocycles. The van der Waals surface area contributed by atoms with Crippen LogP contribution in [0.2, 0.25) is 0 Å². The maximum Gasteiger partial charge on any atom is 0.223 e. The van der Waals surface area contributed by atoms with Crippen LogP contribution in [0.3, 0.4) is 0 Å². The standard InChI is InChI=1S/C18H18N2O2/c1-14-19-18(20-22-14)16-9-11-17(12-10-16)21-13-5-8-15-6-3-2-4-7-15/h2-4,6-7,9-12H,5,8,13H2,1H3. The van der Waals surface area contributed by atoms with E-state index in [0.717, 1.165) is 24.2 Å². The van der Waals surface area contributed by atoms with Crippen molar-refractivity contribution in [3.05, 3.63) is 66.1 Å². The highest BCUT2D eigenvalue weighted by Gasteiger charge is 2.05. The topological polar surface area (TPSA) is 48.2 Å². The van der Waals surface area contributed by atoms with Crippen molar-refractivity contribution in [3.8, 4) is 17.1 Å². The van der Waals surface area contributed by atoms with Gasteiger partial charge in [0.1, 0.15) is 5.75 Å². The lowest BCUT2D eigenvalue weighted by molar-refractivity contribution is 0.311. The Morgan fingerprint density at radius 3 is 2.45 bits per heavy atom. The zero-order valence-corrected chi connectivity index (χ0v) is 12.5. The van der Waals surface area contributed by atoms with Crippen LogP contribution in [-0.2, 0) is 6.42 Å². The molecule has 1 heterocycles. The number of aryl methyl sites for hydroxylation is 2. The second-order valence-electron chi connectivity index (χ2n) is 5.10. The normalized spacial score (nSPS) is 10.6. The Morgan fingerprint density at radius 2 is 1.77 bits per heavy atom. The van der Waals surface area contributed by atoms with Gasteiger partial charge in [-0.15, -0.1) is 0 Å². The lowest BCUT2D eigenvalue weighted by atomic mass is 10.1. The molecule has 0 unspecified atom stereocenters. The summed E-state index contributed by atoms with van der Waals surface area (Å²) in [5.41, 5.74) is 2.27. The average Bonchev–Trinajstić information content (AvgIpc) is 3.00. The minimum absolute atomic E-state index is 0.566. The van der Waals surface area contributed by atoms with Gasteiger partial charge in [-0.1, -0.05) is 35.5 Å². The number of hydrogen-bond donors (Lipinski definition) is 0. The molecule has 0 radical (unpaired) electrons. The summed E-state index contributed by atoms with van der Waals surface area (Å²) < 4.78 is 10.7. The highest BCUT2D eigenvalue weighted by atomic mass is 16.5. The lowest BCUT2D eigenvalue weighted by Gasteiger charge is -2.06. The minimum atomic E-state index is 0.566. The molecule has 0 bridgehead atoms. The molecule has 22 heavy (non-hydrogen) atoms. The molecule has 0 amide bonds. The molecule has 0 aliphatic carbocycles. The van der Waals surface area contributed by atoms with Gasteiger partial charge < -0.3 is 9.26 Å². The van der Waals surface area contributed by atoms with Crippen molar-refractivity contribution in [2.24, 2.45) is 0 Å². The van der Waals surface area contributed by atoms with Crippen molar-refractivity contribution in [3.63, 3.8) is 0 Å². The number of aromatic nitrogens is 2. The number of hydrogen-bond acceptors (Lipinski definition) is 4. The van der Waals surface area contributed by atoms with Crippen molar-refractivity contribution >= 4 is 0 Å². The van der Waals surface area contributed by atoms with E-state index in [2.05, 4.69) is 34.4 Å². The molecule has 0 saturated carbocycles. The van der Waals surface area contributed by atoms with Gasteiger partial charge in [0.15, 0.2) is 0 Å². The van der Waals surface area contributed by atoms with Gasteiger partial charge >= 0.3 is 0 Å². The molecule has 4 nitrogen and oxygen atoms in total. The van der Waals surface area contributed by atoms with Gasteiger partial charge in [0.05, 0.1) is 6.61 Å². The van der Waals surface area contributed by atoms with Crippen LogP contribution < -0.4 is 4.74 Å². The van der Waals surface area contributed by atoms with Crippen molar-refractivity contribution < 1.29 is 9.26 Å². The van der Waals surface area contributed by atoms with Gasteiger partial charge in [-0.2, -0.15) is 4.98 Å². The van der Waals surface area contributed by atoms with Crippen molar-refractivity contribution in [2.75, 3.05) is 6.61 Å². The molecule has 0 aliphatic rings. The van der Waals surface area contributed by atoms with E-state index < -0.39 is 0 Å². The fourth-order valence-corrected chi connectivity index (χ4v) is 2.23. The summed E-state index contributed by atoms with van der Waals surface area (Å²) in [6.45, 7) is 2.48. The summed E-state index contributed by atoms with van der Waals surface area (Å²) in [5.74, 6) is 2.03. The van der Waals surface area contributed by atoms with Gasteiger partial charge in [-0.05, 0) is 42.7 Å². The monoisotopic (exact) mass is 294 g/mol. The van der Waals surface area contributed by atoms with Gasteiger partial charge in [-0.3, -0.25) is 0 Å². The highest BCUT2D eigenvalue weighted by molar-refractivity contribution is 5.55. The second-order valence-corrected chi connectivity index (χ2v) is 5.10. The summed E-state index contributed by atoms with van der Waals surface area (Å²) in [4.78, 5) is 4.20. The van der Waals surface area contributed by atoms with Crippen LogP contribution in [0.1, 0.15) is 17.9 Å². The molecule has 0 atom stereocenters. The van der Waals surface area contributed by atoms with Crippen LogP contribution in [0.25, 0.3) is 11.4 Å². The van der Waals surface area contributed by atoms with Crippen molar-refractivity contribution in [1.29, 1.82) is 0 Å². The van der Waals surface area contributed by atoms with Crippen LogP contribution >= 0.6 is 0 Å². The van der Waals surface area contributed by atoms with Gasteiger partial charge in [0.25, 0.3) is 0 Å². The van der Waals surface area contributed by atoms with Crippen molar-refractivity contribution in [2.45, 2.75) is 19.8 Å². The third kappa shape index (κ3) is 3.73. The molecule has 3 aromatic rings. The first-order chi connectivity index (χ1) is 10.8. The number of benzene rings is 2. The van der Waals surface area contributed by atoms with Gasteiger partial charge in [0.2, 0.25) is 11.7 Å². The molecule has 4 heteroatoms. The minimum Gasteiger partial charge on any atom is -0.494 e. The summed E-state index contributed by atoms with van der Waals surface area (Å²) in [6.07, 6.45) is 2.02. The van der Waals surface area contributed by atoms with Crippen LogP contribution in [0.15, 0.2) is 59.1 Å². The van der Waals surface area contributed by atoms with Crippen LogP contribution in [0.5, 0.6) is 5.75 Å². The summed E-state index contributed by atoms with van der Waals surface area (Å²) in [7, 11) is 0. The highest BCUT2D eigenvalue weighted by Crippen LogP contribution is 2.20. The number of rotatable bonds is 6. The Labute approximate surface area is 129 Å². The maximum absolute atomic E-state index is 5.76. The quantitative estimate of drug-likeness (QED) is 0.643. The SMILES string of the molecule is Cc1nc(-c2ccc(OCCCc3ccccc3)cc2)no1. The molecule has 112 valence electrons. The van der Waals surface area contributed by atoms with Crippen LogP contribution in [0, 0.1) is 6.92 Å². The summed E-state index contributed by atoms with van der Waals surface area (Å²) in [5, 5.41) is 3.90. The van der Waals surface area contributed by atoms with E-state index in [0.29, 0.717) is 18.3 Å². The van der Waals surface area contributed by atoms with E-state index in [1.54, 1.807) is 6.92 Å². The fraction of sp³-hybridized carbons (Fsp3) is 0.222. The van der Waals surface area contributed by atoms with Crippen LogP contribution in [0.4, 0.5) is 0 Å². The maximum atomic E-state index is 5.76. The van der Waals surface area contributed by atoms with Gasteiger partial charge in [-0.25, -0.2) is 0 Å². The van der Waals surface area contributed by atoms with E-state index in [4.69, 9.17) is 9.26 Å². The predicted octanol–water partition coefficient (Wildman–Crippen LogP) is 4.06. The summed E-state index contributed by atoms with van der Waals surface area (Å²) in [6, 6.07) is 18.2. The van der Waals surface area contributed by atoms with Crippen molar-refractivity contribution in [1.82, 2.24) is 10.1 Å². The summed E-state index contributed by atoms with van der Waals surface area (Å²) >= 11 is 0.